The van der Waals surface area contributed by atoms with Crippen LogP contribution in [0, 0.1) is 11.8 Å². The molecule has 1 aliphatic rings. The van der Waals surface area contributed by atoms with E-state index in [1.54, 1.807) is 6.08 Å². The second-order valence-corrected chi connectivity index (χ2v) is 4.75. The summed E-state index contributed by atoms with van der Waals surface area (Å²) < 4.78 is 0. The van der Waals surface area contributed by atoms with Crippen LogP contribution in [-0.2, 0) is 4.79 Å². The molecule has 3 heteroatoms. The predicted octanol–water partition coefficient (Wildman–Crippen LogP) is 1.99. The Labute approximate surface area is 91.8 Å². The second-order valence-electron chi connectivity index (χ2n) is 4.75. The van der Waals surface area contributed by atoms with Crippen molar-refractivity contribution in [1.29, 1.82) is 0 Å². The topological polar surface area (TPSA) is 40.5 Å². The van der Waals surface area contributed by atoms with E-state index in [1.807, 2.05) is 0 Å². The minimum atomic E-state index is -0.860. The summed E-state index contributed by atoms with van der Waals surface area (Å²) in [6.45, 7) is 8.59. The molecule has 3 nitrogen and oxygen atoms in total. The van der Waals surface area contributed by atoms with Crippen molar-refractivity contribution in [2.45, 2.75) is 33.2 Å². The highest BCUT2D eigenvalue weighted by Gasteiger charge is 2.27. The molecule has 1 fully saturated rings. The first kappa shape index (κ1) is 12.2. The molecular weight excluding hydrogens is 190 g/mol. The zero-order chi connectivity index (χ0) is 11.4. The van der Waals surface area contributed by atoms with E-state index in [4.69, 9.17) is 5.11 Å². The zero-order valence-electron chi connectivity index (χ0n) is 9.81. The Morgan fingerprint density at radius 1 is 1.47 bits per heavy atom. The molecule has 0 spiro atoms. The molecule has 0 aromatic heterocycles. The molecule has 1 heterocycles. The summed E-state index contributed by atoms with van der Waals surface area (Å²) in [5.41, 5.74) is 0. The van der Waals surface area contributed by atoms with Crippen molar-refractivity contribution in [2.75, 3.05) is 13.1 Å². The fraction of sp³-hybridized carbons (Fsp3) is 0.750. The van der Waals surface area contributed by atoms with Gasteiger partial charge in [0.2, 0.25) is 0 Å². The molecule has 0 amide bonds. The summed E-state index contributed by atoms with van der Waals surface area (Å²) in [6, 6.07) is 0.555. The number of carbonyl (C=O) groups is 1. The number of rotatable bonds is 3. The van der Waals surface area contributed by atoms with E-state index in [0.717, 1.165) is 19.0 Å². The van der Waals surface area contributed by atoms with Crippen LogP contribution in [0.1, 0.15) is 27.2 Å². The minimum Gasteiger partial charge on any atom is -0.478 e. The van der Waals surface area contributed by atoms with Crippen LogP contribution in [0.25, 0.3) is 0 Å². The number of carboxylic acid groups (broad SMARTS) is 1. The van der Waals surface area contributed by atoms with Gasteiger partial charge in [-0.05, 0) is 25.2 Å². The first-order valence-corrected chi connectivity index (χ1v) is 5.64. The average molecular weight is 211 g/mol. The van der Waals surface area contributed by atoms with E-state index in [1.165, 1.54) is 12.5 Å². The number of likely N-dealkylation sites (tertiary alicyclic amines) is 1. The van der Waals surface area contributed by atoms with Crippen molar-refractivity contribution in [3.8, 4) is 0 Å². The summed E-state index contributed by atoms with van der Waals surface area (Å²) in [5.74, 6) is 0.558. The molecule has 0 aromatic carbocycles. The van der Waals surface area contributed by atoms with Crippen LogP contribution in [0.4, 0.5) is 0 Å². The number of hydrogen-bond donors (Lipinski definition) is 1. The van der Waals surface area contributed by atoms with E-state index in [9.17, 15) is 4.79 Å². The van der Waals surface area contributed by atoms with Crippen molar-refractivity contribution in [3.63, 3.8) is 0 Å². The molecule has 86 valence electrons. The molecule has 15 heavy (non-hydrogen) atoms. The van der Waals surface area contributed by atoms with Gasteiger partial charge in [0.15, 0.2) is 0 Å². The fourth-order valence-corrected chi connectivity index (χ4v) is 2.36. The summed E-state index contributed by atoms with van der Waals surface area (Å²) in [7, 11) is 0. The molecule has 1 aliphatic heterocycles. The maximum atomic E-state index is 10.3. The standard InChI is InChI=1S/C12H21NO2/c1-9-7-10(2)11(3)13(8-9)6-4-5-12(14)15/h4-5,9-11H,6-8H2,1-3H3,(H,14,15)/b5-4+. The molecule has 0 bridgehead atoms. The van der Waals surface area contributed by atoms with Gasteiger partial charge in [-0.1, -0.05) is 19.9 Å². The maximum absolute atomic E-state index is 10.3. The molecule has 3 atom stereocenters. The largest absolute Gasteiger partial charge is 0.478 e. The lowest BCUT2D eigenvalue weighted by Gasteiger charge is -2.40. The smallest absolute Gasteiger partial charge is 0.328 e. The van der Waals surface area contributed by atoms with E-state index in [0.29, 0.717) is 12.0 Å². The van der Waals surface area contributed by atoms with Crippen LogP contribution >= 0.6 is 0 Å². The monoisotopic (exact) mass is 211 g/mol. The summed E-state index contributed by atoms with van der Waals surface area (Å²) >= 11 is 0. The third kappa shape index (κ3) is 3.67. The van der Waals surface area contributed by atoms with Gasteiger partial charge in [0.25, 0.3) is 0 Å². The lowest BCUT2D eigenvalue weighted by molar-refractivity contribution is -0.131. The van der Waals surface area contributed by atoms with Gasteiger partial charge < -0.3 is 5.11 Å². The van der Waals surface area contributed by atoms with Crippen molar-refractivity contribution in [2.24, 2.45) is 11.8 Å². The maximum Gasteiger partial charge on any atom is 0.328 e. The first-order chi connectivity index (χ1) is 7.00. The average Bonchev–Trinajstić information content (AvgIpc) is 2.12. The summed E-state index contributed by atoms with van der Waals surface area (Å²) in [6.07, 6.45) is 4.25. The Morgan fingerprint density at radius 3 is 2.73 bits per heavy atom. The van der Waals surface area contributed by atoms with Gasteiger partial charge >= 0.3 is 5.97 Å². The molecule has 3 unspecified atom stereocenters. The third-order valence-corrected chi connectivity index (χ3v) is 3.32. The second kappa shape index (κ2) is 5.31. The number of hydrogen-bond acceptors (Lipinski definition) is 2. The Kier molecular flexibility index (Phi) is 4.33. The van der Waals surface area contributed by atoms with Crippen LogP contribution in [0.2, 0.25) is 0 Å². The molecule has 0 aromatic rings. The fourth-order valence-electron chi connectivity index (χ4n) is 2.36. The first-order valence-electron chi connectivity index (χ1n) is 5.64. The number of piperidine rings is 1. The third-order valence-electron chi connectivity index (χ3n) is 3.32. The predicted molar refractivity (Wildman–Crippen MR) is 60.8 cm³/mol. The van der Waals surface area contributed by atoms with Crippen LogP contribution in [0.3, 0.4) is 0 Å². The Balaban J connectivity index is 2.48. The zero-order valence-corrected chi connectivity index (χ0v) is 9.81. The van der Waals surface area contributed by atoms with Gasteiger partial charge in [-0.15, -0.1) is 0 Å². The van der Waals surface area contributed by atoms with Gasteiger partial charge in [0.05, 0.1) is 0 Å². The quantitative estimate of drug-likeness (QED) is 0.726. The van der Waals surface area contributed by atoms with Gasteiger partial charge in [-0.3, -0.25) is 4.90 Å². The van der Waals surface area contributed by atoms with Gasteiger partial charge in [-0.2, -0.15) is 0 Å². The number of carboxylic acids is 1. The molecule has 1 saturated heterocycles. The lowest BCUT2D eigenvalue weighted by Crippen LogP contribution is -2.45. The van der Waals surface area contributed by atoms with Crippen molar-refractivity contribution in [1.82, 2.24) is 4.90 Å². The molecule has 0 saturated carbocycles. The van der Waals surface area contributed by atoms with E-state index in [2.05, 4.69) is 25.7 Å². The van der Waals surface area contributed by atoms with Crippen molar-refractivity contribution in [3.05, 3.63) is 12.2 Å². The van der Waals surface area contributed by atoms with Crippen LogP contribution in [-0.4, -0.2) is 35.1 Å². The molecule has 0 aliphatic carbocycles. The van der Waals surface area contributed by atoms with E-state index in [-0.39, 0.29) is 0 Å². The highest BCUT2D eigenvalue weighted by atomic mass is 16.4. The van der Waals surface area contributed by atoms with Crippen LogP contribution in [0.5, 0.6) is 0 Å². The highest BCUT2D eigenvalue weighted by Crippen LogP contribution is 2.26. The van der Waals surface area contributed by atoms with E-state index >= 15 is 0 Å². The molecule has 1 rings (SSSR count). The Hall–Kier alpha value is -0.830. The Bertz CT molecular complexity index is 250. The summed E-state index contributed by atoms with van der Waals surface area (Å²) in [4.78, 5) is 12.7. The van der Waals surface area contributed by atoms with Crippen molar-refractivity contribution < 1.29 is 9.90 Å². The van der Waals surface area contributed by atoms with Gasteiger partial charge in [0, 0.05) is 25.2 Å². The molecular formula is C12H21NO2. The number of nitrogens with zero attached hydrogens (tertiary/aromatic N) is 1. The van der Waals surface area contributed by atoms with Gasteiger partial charge in [0.1, 0.15) is 0 Å². The molecule has 0 radical (unpaired) electrons. The van der Waals surface area contributed by atoms with Crippen LogP contribution < -0.4 is 0 Å². The SMILES string of the molecule is CC1CC(C)C(C)N(C/C=C/C(=O)O)C1. The van der Waals surface area contributed by atoms with E-state index < -0.39 is 5.97 Å². The molecule has 1 N–H and O–H groups in total. The van der Waals surface area contributed by atoms with Crippen LogP contribution in [0.15, 0.2) is 12.2 Å². The Morgan fingerprint density at radius 2 is 2.13 bits per heavy atom. The lowest BCUT2D eigenvalue weighted by atomic mass is 9.86. The van der Waals surface area contributed by atoms with Crippen molar-refractivity contribution >= 4 is 5.97 Å². The van der Waals surface area contributed by atoms with Gasteiger partial charge in [-0.25, -0.2) is 4.79 Å². The number of aliphatic carboxylic acids is 1. The normalized spacial score (nSPS) is 33.4. The summed E-state index contributed by atoms with van der Waals surface area (Å²) in [5, 5.41) is 8.51. The highest BCUT2D eigenvalue weighted by molar-refractivity contribution is 5.79. The minimum absolute atomic E-state index is 0.555.